The molecule has 1 amide bonds. The lowest BCUT2D eigenvalue weighted by Gasteiger charge is -2.06. The Morgan fingerprint density at radius 2 is 1.78 bits per heavy atom. The first-order valence-corrected chi connectivity index (χ1v) is 8.81. The van der Waals surface area contributed by atoms with Gasteiger partial charge in [0, 0.05) is 15.6 Å². The maximum absolute atomic E-state index is 12.0. The zero-order valence-corrected chi connectivity index (χ0v) is 16.0. The molecule has 2 aromatic carbocycles. The van der Waals surface area contributed by atoms with Gasteiger partial charge in [-0.1, -0.05) is 33.6 Å². The van der Waals surface area contributed by atoms with Gasteiger partial charge < -0.3 is 14.3 Å². The predicted octanol–water partition coefficient (Wildman–Crippen LogP) is 3.49. The molecule has 1 aromatic heterocycles. The maximum atomic E-state index is 12.0. The molecule has 3 rings (SSSR count). The van der Waals surface area contributed by atoms with E-state index in [0.717, 1.165) is 4.47 Å². The number of carboxylic acid groups (broad SMARTS) is 1. The zero-order valence-electron chi connectivity index (χ0n) is 13.6. The molecule has 1 heterocycles. The van der Waals surface area contributed by atoms with Gasteiger partial charge in [-0.05, 0) is 54.1 Å². The van der Waals surface area contributed by atoms with E-state index in [9.17, 15) is 14.7 Å². The number of amides is 1. The minimum absolute atomic E-state index is 0.0113. The largest absolute Gasteiger partial charge is 0.545 e. The molecule has 0 aliphatic heterocycles. The number of carbonyl (C=O) groups excluding carboxylic acids is 2. The average molecular weight is 447 g/mol. The second-order valence-electron chi connectivity index (χ2n) is 5.39. The van der Waals surface area contributed by atoms with Gasteiger partial charge in [-0.25, -0.2) is 5.43 Å². The van der Waals surface area contributed by atoms with Crippen LogP contribution in [0.3, 0.4) is 0 Å². The molecule has 0 saturated carbocycles. The molecule has 1 N–H and O–H groups in total. The molecule has 136 valence electrons. The minimum Gasteiger partial charge on any atom is -0.545 e. The number of benzene rings is 2. The number of hydrogen-bond acceptors (Lipinski definition) is 5. The van der Waals surface area contributed by atoms with Gasteiger partial charge in [-0.2, -0.15) is 5.10 Å². The maximum Gasteiger partial charge on any atom is 0.271 e. The Morgan fingerprint density at radius 1 is 1.07 bits per heavy atom. The summed E-state index contributed by atoms with van der Waals surface area (Å²) in [7, 11) is 0. The fourth-order valence-corrected chi connectivity index (χ4v) is 2.70. The second-order valence-corrected chi connectivity index (χ2v) is 6.71. The van der Waals surface area contributed by atoms with Gasteiger partial charge in [0.25, 0.3) is 5.91 Å². The number of aromatic carboxylic acids is 1. The fourth-order valence-electron chi connectivity index (χ4n) is 2.23. The molecule has 0 aliphatic carbocycles. The quantitative estimate of drug-likeness (QED) is 0.479. The highest BCUT2D eigenvalue weighted by atomic mass is 79.9. The Balaban J connectivity index is 1.72. The number of rotatable bonds is 5. The van der Waals surface area contributed by atoms with Crippen LogP contribution < -0.4 is 10.5 Å². The summed E-state index contributed by atoms with van der Waals surface area (Å²) < 4.78 is 6.45. The average Bonchev–Trinajstić information content (AvgIpc) is 3.11. The van der Waals surface area contributed by atoms with Crippen LogP contribution in [0.4, 0.5) is 0 Å². The number of furan rings is 1. The van der Waals surface area contributed by atoms with E-state index in [0.29, 0.717) is 27.7 Å². The standard InChI is InChI=1S/C19H12BrClN2O4/c20-13-4-1-11(2-5-13)18(24)23-22-10-14-6-8-17(27-14)15-9-12(19(25)26)3-7-16(15)21/h1-10H,(H,23,24)(H,25,26)/p-1/b22-10-. The monoisotopic (exact) mass is 445 g/mol. The van der Waals surface area contributed by atoms with E-state index in [1.807, 2.05) is 0 Å². The first kappa shape index (κ1) is 18.9. The van der Waals surface area contributed by atoms with Gasteiger partial charge in [-0.3, -0.25) is 4.79 Å². The van der Waals surface area contributed by atoms with E-state index in [4.69, 9.17) is 16.0 Å². The summed E-state index contributed by atoms with van der Waals surface area (Å²) in [5.74, 6) is -0.952. The predicted molar refractivity (Wildman–Crippen MR) is 103 cm³/mol. The number of carbonyl (C=O) groups is 2. The number of halogens is 2. The van der Waals surface area contributed by atoms with Crippen LogP contribution in [0, 0.1) is 0 Å². The lowest BCUT2D eigenvalue weighted by atomic mass is 10.1. The van der Waals surface area contributed by atoms with Gasteiger partial charge in [0.05, 0.1) is 17.2 Å². The van der Waals surface area contributed by atoms with Crippen LogP contribution in [0.15, 0.2) is 68.6 Å². The van der Waals surface area contributed by atoms with Crippen LogP contribution in [-0.2, 0) is 0 Å². The third kappa shape index (κ3) is 4.64. The van der Waals surface area contributed by atoms with Crippen LogP contribution in [0.2, 0.25) is 5.02 Å². The summed E-state index contributed by atoms with van der Waals surface area (Å²) >= 11 is 9.40. The molecule has 8 heteroatoms. The normalized spacial score (nSPS) is 10.9. The lowest BCUT2D eigenvalue weighted by molar-refractivity contribution is -0.255. The van der Waals surface area contributed by atoms with Crippen molar-refractivity contribution in [2.45, 2.75) is 0 Å². The van der Waals surface area contributed by atoms with E-state index in [-0.39, 0.29) is 11.5 Å². The Labute approximate surface area is 167 Å². The van der Waals surface area contributed by atoms with Crippen LogP contribution in [0.25, 0.3) is 11.3 Å². The number of hydrogen-bond donors (Lipinski definition) is 1. The molecular formula is C19H11BrClN2O4-. The molecule has 0 atom stereocenters. The summed E-state index contributed by atoms with van der Waals surface area (Å²) in [5.41, 5.74) is 3.26. The highest BCUT2D eigenvalue weighted by Crippen LogP contribution is 2.30. The smallest absolute Gasteiger partial charge is 0.271 e. The summed E-state index contributed by atoms with van der Waals surface area (Å²) in [4.78, 5) is 23.0. The molecule has 0 saturated heterocycles. The van der Waals surface area contributed by atoms with Crippen LogP contribution in [0.5, 0.6) is 0 Å². The number of nitrogens with one attached hydrogen (secondary N) is 1. The van der Waals surface area contributed by atoms with Crippen molar-refractivity contribution < 1.29 is 19.1 Å². The molecular weight excluding hydrogens is 436 g/mol. The molecule has 0 fully saturated rings. The van der Waals surface area contributed by atoms with Crippen molar-refractivity contribution in [3.05, 3.63) is 81.0 Å². The zero-order chi connectivity index (χ0) is 19.4. The van der Waals surface area contributed by atoms with Gasteiger partial charge >= 0.3 is 0 Å². The molecule has 6 nitrogen and oxygen atoms in total. The number of hydrazone groups is 1. The van der Waals surface area contributed by atoms with Crippen LogP contribution in [0.1, 0.15) is 26.5 Å². The van der Waals surface area contributed by atoms with Crippen molar-refractivity contribution in [1.29, 1.82) is 0 Å². The van der Waals surface area contributed by atoms with Crippen molar-refractivity contribution in [3.63, 3.8) is 0 Å². The highest BCUT2D eigenvalue weighted by molar-refractivity contribution is 9.10. The lowest BCUT2D eigenvalue weighted by Crippen LogP contribution is -2.22. The fraction of sp³-hybridized carbons (Fsp3) is 0. The molecule has 3 aromatic rings. The first-order valence-electron chi connectivity index (χ1n) is 7.64. The Morgan fingerprint density at radius 3 is 2.48 bits per heavy atom. The van der Waals surface area contributed by atoms with Gasteiger partial charge in [0.1, 0.15) is 11.5 Å². The van der Waals surface area contributed by atoms with Gasteiger partial charge in [0.15, 0.2) is 0 Å². The van der Waals surface area contributed by atoms with E-state index < -0.39 is 5.97 Å². The van der Waals surface area contributed by atoms with Gasteiger partial charge in [-0.15, -0.1) is 0 Å². The Bertz CT molecular complexity index is 1030. The Hall–Kier alpha value is -2.90. The van der Waals surface area contributed by atoms with Crippen LogP contribution in [-0.4, -0.2) is 18.1 Å². The van der Waals surface area contributed by atoms with Crippen molar-refractivity contribution in [1.82, 2.24) is 5.43 Å². The van der Waals surface area contributed by atoms with Crippen molar-refractivity contribution in [2.75, 3.05) is 0 Å². The summed E-state index contributed by atoms with van der Waals surface area (Å²) in [6.45, 7) is 0. The Kier molecular flexibility index (Phi) is 5.73. The highest BCUT2D eigenvalue weighted by Gasteiger charge is 2.10. The molecule has 0 aliphatic rings. The molecule has 0 bridgehead atoms. The summed E-state index contributed by atoms with van der Waals surface area (Å²) in [5, 5.41) is 15.2. The van der Waals surface area contributed by atoms with Gasteiger partial charge in [0.2, 0.25) is 0 Å². The second kappa shape index (κ2) is 8.20. The van der Waals surface area contributed by atoms with E-state index in [1.165, 1.54) is 24.4 Å². The minimum atomic E-state index is -1.31. The van der Waals surface area contributed by atoms with Crippen molar-refractivity contribution >= 4 is 45.6 Å². The third-order valence-corrected chi connectivity index (χ3v) is 4.42. The van der Waals surface area contributed by atoms with E-state index in [2.05, 4.69) is 26.5 Å². The number of carboxylic acids is 1. The summed E-state index contributed by atoms with van der Waals surface area (Å²) in [6, 6.07) is 14.2. The van der Waals surface area contributed by atoms with Crippen molar-refractivity contribution in [2.24, 2.45) is 5.10 Å². The summed E-state index contributed by atoms with van der Waals surface area (Å²) in [6.07, 6.45) is 1.33. The molecule has 0 spiro atoms. The SMILES string of the molecule is O=C([O-])c1ccc(Cl)c(-c2ccc(/C=N\NC(=O)c3ccc(Br)cc3)o2)c1. The number of nitrogens with zero attached hydrogens (tertiary/aromatic N) is 1. The van der Waals surface area contributed by atoms with Crippen molar-refractivity contribution in [3.8, 4) is 11.3 Å². The first-order chi connectivity index (χ1) is 12.9. The molecule has 0 radical (unpaired) electrons. The molecule has 27 heavy (non-hydrogen) atoms. The van der Waals surface area contributed by atoms with Crippen LogP contribution >= 0.6 is 27.5 Å². The topological polar surface area (TPSA) is 94.7 Å². The third-order valence-electron chi connectivity index (χ3n) is 3.56. The van der Waals surface area contributed by atoms with E-state index in [1.54, 1.807) is 36.4 Å². The molecule has 0 unspecified atom stereocenters. The van der Waals surface area contributed by atoms with E-state index >= 15 is 0 Å².